The summed E-state index contributed by atoms with van der Waals surface area (Å²) in [4.78, 5) is 25.5. The number of nitrogens with zero attached hydrogens (tertiary/aromatic N) is 2. The largest absolute Gasteiger partial charge is 0.481 e. The van der Waals surface area contributed by atoms with E-state index in [1.165, 1.54) is 6.07 Å². The average Bonchev–Trinajstić information content (AvgIpc) is 3.40. The molecule has 1 aliphatic rings. The van der Waals surface area contributed by atoms with Crippen LogP contribution in [0.2, 0.25) is 0 Å². The lowest BCUT2D eigenvalue weighted by atomic mass is 10.2. The molecule has 2 heterocycles. The number of hydrogen-bond donors (Lipinski definition) is 0. The third-order valence-electron chi connectivity index (χ3n) is 4.59. The molecule has 7 nitrogen and oxygen atoms in total. The van der Waals surface area contributed by atoms with Gasteiger partial charge in [0, 0.05) is 36.6 Å². The molecule has 0 radical (unpaired) electrons. The van der Waals surface area contributed by atoms with Gasteiger partial charge in [0.2, 0.25) is 0 Å². The molecule has 0 spiro atoms. The maximum Gasteiger partial charge on any atom is 0.336 e. The molecule has 1 aromatic carbocycles. The smallest absolute Gasteiger partial charge is 0.336 e. The van der Waals surface area contributed by atoms with Crippen LogP contribution in [0.15, 0.2) is 50.1 Å². The number of fused-ring (bicyclic) bond motifs is 1. The minimum Gasteiger partial charge on any atom is -0.481 e. The molecule has 3 aromatic rings. The van der Waals surface area contributed by atoms with E-state index in [9.17, 15) is 9.59 Å². The minimum absolute atomic E-state index is 0.180. The lowest BCUT2D eigenvalue weighted by Crippen LogP contribution is -2.37. The Morgan fingerprint density at radius 2 is 2.07 bits per heavy atom. The maximum absolute atomic E-state index is 12.6. The van der Waals surface area contributed by atoms with E-state index in [2.05, 4.69) is 5.16 Å². The zero-order valence-electron chi connectivity index (χ0n) is 15.2. The zero-order chi connectivity index (χ0) is 19.0. The summed E-state index contributed by atoms with van der Waals surface area (Å²) in [6, 6.07) is 10.1. The first-order chi connectivity index (χ1) is 13.0. The number of amides is 1. The van der Waals surface area contributed by atoms with E-state index >= 15 is 0 Å². The van der Waals surface area contributed by atoms with E-state index in [-0.39, 0.29) is 5.91 Å². The van der Waals surface area contributed by atoms with E-state index in [0.29, 0.717) is 23.8 Å². The van der Waals surface area contributed by atoms with Crippen molar-refractivity contribution in [3.8, 4) is 5.75 Å². The molecule has 0 bridgehead atoms. The Balaban J connectivity index is 1.41. The van der Waals surface area contributed by atoms with Crippen molar-refractivity contribution in [2.24, 2.45) is 0 Å². The van der Waals surface area contributed by atoms with Gasteiger partial charge < -0.3 is 18.6 Å². The second-order valence-corrected chi connectivity index (χ2v) is 6.90. The van der Waals surface area contributed by atoms with Crippen molar-refractivity contribution in [2.75, 3.05) is 7.05 Å². The van der Waals surface area contributed by atoms with Crippen LogP contribution < -0.4 is 10.4 Å². The molecule has 27 heavy (non-hydrogen) atoms. The predicted octanol–water partition coefficient (Wildman–Crippen LogP) is 3.08. The van der Waals surface area contributed by atoms with Gasteiger partial charge in [0.1, 0.15) is 22.8 Å². The molecule has 2 aromatic heterocycles. The molecule has 0 N–H and O–H groups in total. The van der Waals surface area contributed by atoms with E-state index in [4.69, 9.17) is 13.7 Å². The summed E-state index contributed by atoms with van der Waals surface area (Å²) < 4.78 is 16.2. The molecule has 1 aliphatic carbocycles. The first-order valence-electron chi connectivity index (χ1n) is 8.90. The number of likely N-dealkylation sites (N-methyl/N-ethyl adjacent to an activating group) is 1. The highest BCUT2D eigenvalue weighted by Crippen LogP contribution is 2.40. The number of carbonyl (C=O) groups excluding carboxylic acids is 1. The molecule has 1 saturated carbocycles. The number of benzene rings is 1. The molecule has 1 amide bonds. The molecular formula is C20H20N2O5. The quantitative estimate of drug-likeness (QED) is 0.622. The molecule has 0 saturated heterocycles. The van der Waals surface area contributed by atoms with Crippen molar-refractivity contribution in [3.05, 3.63) is 58.3 Å². The van der Waals surface area contributed by atoms with Crippen LogP contribution in [0.5, 0.6) is 5.75 Å². The second-order valence-electron chi connectivity index (χ2n) is 6.90. The van der Waals surface area contributed by atoms with E-state index in [0.717, 1.165) is 29.7 Å². The minimum atomic E-state index is -0.697. The molecule has 0 aliphatic heterocycles. The summed E-state index contributed by atoms with van der Waals surface area (Å²) >= 11 is 0. The summed E-state index contributed by atoms with van der Waals surface area (Å²) in [7, 11) is 1.70. The van der Waals surface area contributed by atoms with Crippen LogP contribution in [0.4, 0.5) is 0 Å². The number of ether oxygens (including phenoxy) is 1. The van der Waals surface area contributed by atoms with Gasteiger partial charge in [-0.3, -0.25) is 4.79 Å². The van der Waals surface area contributed by atoms with Crippen LogP contribution in [-0.4, -0.2) is 29.1 Å². The molecule has 1 unspecified atom stereocenters. The Hall–Kier alpha value is -3.09. The standard InChI is InChI=1S/C20H20N2O5/c1-12(25-16-7-5-13-6-8-19(23)26-17(13)10-16)20(24)22(2)11-15-9-18(27-21-15)14-3-4-14/h5-10,12,14H,3-4,11H2,1-2H3. The molecule has 1 fully saturated rings. The van der Waals surface area contributed by atoms with Gasteiger partial charge in [0.05, 0.1) is 6.54 Å². The summed E-state index contributed by atoms with van der Waals surface area (Å²) in [6.45, 7) is 2.04. The highest BCUT2D eigenvalue weighted by atomic mass is 16.5. The van der Waals surface area contributed by atoms with Crippen molar-refractivity contribution >= 4 is 16.9 Å². The lowest BCUT2D eigenvalue weighted by molar-refractivity contribution is -0.137. The van der Waals surface area contributed by atoms with Gasteiger partial charge in [-0.25, -0.2) is 4.79 Å². The summed E-state index contributed by atoms with van der Waals surface area (Å²) in [6.07, 6.45) is 1.58. The number of aromatic nitrogens is 1. The topological polar surface area (TPSA) is 85.8 Å². The van der Waals surface area contributed by atoms with Crippen molar-refractivity contribution in [1.82, 2.24) is 10.1 Å². The van der Waals surface area contributed by atoms with Gasteiger partial charge in [-0.1, -0.05) is 5.16 Å². The fourth-order valence-corrected chi connectivity index (χ4v) is 2.96. The third-order valence-corrected chi connectivity index (χ3v) is 4.59. The van der Waals surface area contributed by atoms with Crippen molar-refractivity contribution in [3.63, 3.8) is 0 Å². The Morgan fingerprint density at radius 3 is 2.85 bits per heavy atom. The Kier molecular flexibility index (Phi) is 4.43. The monoisotopic (exact) mass is 368 g/mol. The highest BCUT2D eigenvalue weighted by molar-refractivity contribution is 5.81. The SMILES string of the molecule is CC(Oc1ccc2ccc(=O)oc2c1)C(=O)N(C)Cc1cc(C2CC2)on1. The van der Waals surface area contributed by atoms with Gasteiger partial charge in [-0.15, -0.1) is 0 Å². The second kappa shape index (κ2) is 6.90. The van der Waals surface area contributed by atoms with Gasteiger partial charge in [-0.2, -0.15) is 0 Å². The summed E-state index contributed by atoms with van der Waals surface area (Å²) in [5.74, 6) is 1.67. The first-order valence-corrected chi connectivity index (χ1v) is 8.90. The van der Waals surface area contributed by atoms with Crippen molar-refractivity contribution < 1.29 is 18.5 Å². The van der Waals surface area contributed by atoms with Crippen molar-refractivity contribution in [1.29, 1.82) is 0 Å². The van der Waals surface area contributed by atoms with Gasteiger partial charge in [0.15, 0.2) is 6.10 Å². The summed E-state index contributed by atoms with van der Waals surface area (Å²) in [5, 5.41) is 4.82. The van der Waals surface area contributed by atoms with Crippen LogP contribution in [0.25, 0.3) is 11.0 Å². The molecule has 1 atom stereocenters. The first kappa shape index (κ1) is 17.3. The average molecular weight is 368 g/mol. The molecule has 140 valence electrons. The maximum atomic E-state index is 12.6. The zero-order valence-corrected chi connectivity index (χ0v) is 15.2. The number of rotatable bonds is 6. The lowest BCUT2D eigenvalue weighted by Gasteiger charge is -2.21. The highest BCUT2D eigenvalue weighted by Gasteiger charge is 2.28. The fourth-order valence-electron chi connectivity index (χ4n) is 2.96. The molecular weight excluding hydrogens is 348 g/mol. The van der Waals surface area contributed by atoms with E-state index in [1.54, 1.807) is 43.1 Å². The number of carbonyl (C=O) groups is 1. The van der Waals surface area contributed by atoms with Gasteiger partial charge in [0.25, 0.3) is 5.91 Å². The Morgan fingerprint density at radius 1 is 1.30 bits per heavy atom. The van der Waals surface area contributed by atoms with E-state index in [1.807, 2.05) is 6.07 Å². The third kappa shape index (κ3) is 3.86. The van der Waals surface area contributed by atoms with Crippen LogP contribution in [0, 0.1) is 0 Å². The molecule has 4 rings (SSSR count). The Bertz CT molecular complexity index is 1030. The molecule has 7 heteroatoms. The van der Waals surface area contributed by atoms with Gasteiger partial charge >= 0.3 is 5.63 Å². The van der Waals surface area contributed by atoms with Crippen LogP contribution in [0.1, 0.15) is 37.1 Å². The van der Waals surface area contributed by atoms with Gasteiger partial charge in [-0.05, 0) is 38.0 Å². The van der Waals surface area contributed by atoms with Crippen LogP contribution in [-0.2, 0) is 11.3 Å². The predicted molar refractivity (Wildman–Crippen MR) is 97.5 cm³/mol. The summed E-state index contributed by atoms with van der Waals surface area (Å²) in [5.41, 5.74) is 0.720. The number of hydrogen-bond acceptors (Lipinski definition) is 6. The van der Waals surface area contributed by atoms with Crippen molar-refractivity contribution in [2.45, 2.75) is 38.3 Å². The normalized spacial score (nSPS) is 14.9. The van der Waals surface area contributed by atoms with E-state index < -0.39 is 11.7 Å². The fraction of sp³-hybridized carbons (Fsp3) is 0.350. The van der Waals surface area contributed by atoms with Crippen LogP contribution >= 0.6 is 0 Å². The Labute approximate surface area is 155 Å². The van der Waals surface area contributed by atoms with Crippen LogP contribution in [0.3, 0.4) is 0 Å².